The Morgan fingerprint density at radius 3 is 2.67 bits per heavy atom. The number of carbonyl (C=O) groups excluding carboxylic acids is 1. The number of carboxylic acids is 1. The normalized spacial score (nSPS) is 10.2. The van der Waals surface area contributed by atoms with Crippen LogP contribution in [0.3, 0.4) is 0 Å². The van der Waals surface area contributed by atoms with E-state index >= 15 is 0 Å². The van der Waals surface area contributed by atoms with Crippen molar-refractivity contribution in [2.45, 2.75) is 0 Å². The minimum atomic E-state index is -1.17. The van der Waals surface area contributed by atoms with Crippen LogP contribution in [0, 0.1) is 0 Å². The van der Waals surface area contributed by atoms with Crippen molar-refractivity contribution in [3.05, 3.63) is 40.0 Å². The van der Waals surface area contributed by atoms with Crippen molar-refractivity contribution in [3.8, 4) is 5.75 Å². The van der Waals surface area contributed by atoms with Gasteiger partial charge >= 0.3 is 5.97 Å². The number of H-pyrrole nitrogens is 1. The Kier molecular flexibility index (Phi) is 4.66. The summed E-state index contributed by atoms with van der Waals surface area (Å²) < 4.78 is 5.22. The van der Waals surface area contributed by atoms with Crippen molar-refractivity contribution < 1.29 is 19.4 Å². The first kappa shape index (κ1) is 15.1. The summed E-state index contributed by atoms with van der Waals surface area (Å²) in [5.41, 5.74) is -0.129. The first-order valence-corrected chi connectivity index (χ1v) is 6.37. The Bertz CT molecular complexity index is 687. The maximum Gasteiger partial charge on any atom is 0.353 e. The number of ether oxygens (including phenoxy) is 1. The highest BCUT2D eigenvalue weighted by molar-refractivity contribution is 6.42. The highest BCUT2D eigenvalue weighted by Gasteiger charge is 2.10. The monoisotopic (exact) mass is 329 g/mol. The third-order valence-corrected chi connectivity index (χ3v) is 3.08. The van der Waals surface area contributed by atoms with Gasteiger partial charge in [0, 0.05) is 12.1 Å². The van der Waals surface area contributed by atoms with Crippen LogP contribution in [-0.4, -0.2) is 33.8 Å². The molecule has 0 aliphatic rings. The second-order valence-electron chi connectivity index (χ2n) is 3.88. The lowest BCUT2D eigenvalue weighted by atomic mass is 10.3. The molecule has 1 amide bonds. The number of aromatic amines is 1. The minimum absolute atomic E-state index is 0.0927. The van der Waals surface area contributed by atoms with Crippen LogP contribution in [0.5, 0.6) is 5.75 Å². The Morgan fingerprint density at radius 1 is 1.29 bits per heavy atom. The lowest BCUT2D eigenvalue weighted by Crippen LogP contribution is -2.20. The number of halogens is 2. The molecule has 110 valence electrons. The van der Waals surface area contributed by atoms with E-state index in [1.54, 1.807) is 12.1 Å². The van der Waals surface area contributed by atoms with E-state index < -0.39 is 11.9 Å². The molecule has 0 atom stereocenters. The molecule has 1 aromatic heterocycles. The molecule has 21 heavy (non-hydrogen) atoms. The summed E-state index contributed by atoms with van der Waals surface area (Å²) in [5, 5.41) is 17.7. The topological polar surface area (TPSA) is 104 Å². The van der Waals surface area contributed by atoms with Crippen molar-refractivity contribution in [2.75, 3.05) is 11.9 Å². The molecule has 0 fully saturated rings. The Balaban J connectivity index is 1.89. The van der Waals surface area contributed by atoms with Gasteiger partial charge in [0.05, 0.1) is 10.0 Å². The summed E-state index contributed by atoms with van der Waals surface area (Å²) >= 11 is 11.6. The molecule has 0 aliphatic heterocycles. The third kappa shape index (κ3) is 4.11. The standard InChI is InChI=1S/C12H9Cl2N3O4/c13-7-2-1-6(3-8(7)14)21-5-11(18)15-10-4-9(12(19)20)16-17-10/h1-4H,5H2,(H,19,20)(H2,15,16,17,18). The molecule has 9 heteroatoms. The van der Waals surface area contributed by atoms with Gasteiger partial charge in [-0.2, -0.15) is 5.10 Å². The van der Waals surface area contributed by atoms with E-state index in [0.717, 1.165) is 0 Å². The smallest absolute Gasteiger partial charge is 0.353 e. The fourth-order valence-electron chi connectivity index (χ4n) is 1.39. The van der Waals surface area contributed by atoms with E-state index in [-0.39, 0.29) is 18.1 Å². The summed E-state index contributed by atoms with van der Waals surface area (Å²) in [4.78, 5) is 22.3. The number of anilines is 1. The molecular formula is C12H9Cl2N3O4. The summed E-state index contributed by atoms with van der Waals surface area (Å²) in [6, 6.07) is 5.79. The van der Waals surface area contributed by atoms with Crippen molar-refractivity contribution in [1.82, 2.24) is 10.2 Å². The van der Waals surface area contributed by atoms with Gasteiger partial charge in [0.1, 0.15) is 11.4 Å². The number of aromatic nitrogens is 2. The predicted octanol–water partition coefficient (Wildman–Crippen LogP) is 2.43. The molecule has 0 saturated carbocycles. The SMILES string of the molecule is O=C(COc1ccc(Cl)c(Cl)c1)Nc1cc(C(=O)O)[nH]n1. The van der Waals surface area contributed by atoms with Gasteiger partial charge in [-0.1, -0.05) is 23.2 Å². The number of nitrogens with zero attached hydrogens (tertiary/aromatic N) is 1. The van der Waals surface area contributed by atoms with Crippen LogP contribution in [0.4, 0.5) is 5.82 Å². The van der Waals surface area contributed by atoms with Crippen LogP contribution in [-0.2, 0) is 4.79 Å². The highest BCUT2D eigenvalue weighted by Crippen LogP contribution is 2.26. The maximum atomic E-state index is 11.6. The van der Waals surface area contributed by atoms with Gasteiger partial charge in [-0.3, -0.25) is 9.89 Å². The fourth-order valence-corrected chi connectivity index (χ4v) is 1.68. The quantitative estimate of drug-likeness (QED) is 0.781. The van der Waals surface area contributed by atoms with Gasteiger partial charge in [0.15, 0.2) is 12.4 Å². The molecule has 0 spiro atoms. The van der Waals surface area contributed by atoms with E-state index in [1.807, 2.05) is 0 Å². The molecule has 3 N–H and O–H groups in total. The number of nitrogens with one attached hydrogen (secondary N) is 2. The number of carbonyl (C=O) groups is 2. The molecule has 1 heterocycles. The van der Waals surface area contributed by atoms with E-state index in [9.17, 15) is 9.59 Å². The summed E-state index contributed by atoms with van der Waals surface area (Å²) in [6.07, 6.45) is 0. The average Bonchev–Trinajstić information content (AvgIpc) is 2.89. The second-order valence-corrected chi connectivity index (χ2v) is 4.70. The zero-order chi connectivity index (χ0) is 15.4. The number of rotatable bonds is 5. The van der Waals surface area contributed by atoms with Crippen molar-refractivity contribution >= 4 is 40.9 Å². The molecule has 2 rings (SSSR count). The Labute approximate surface area is 128 Å². The Morgan fingerprint density at radius 2 is 2.05 bits per heavy atom. The number of hydrogen-bond acceptors (Lipinski definition) is 4. The predicted molar refractivity (Wildman–Crippen MR) is 76.1 cm³/mol. The summed E-state index contributed by atoms with van der Waals surface area (Å²) in [6.45, 7) is -0.284. The molecule has 1 aromatic carbocycles. The van der Waals surface area contributed by atoms with Crippen LogP contribution < -0.4 is 10.1 Å². The van der Waals surface area contributed by atoms with E-state index in [1.165, 1.54) is 12.1 Å². The van der Waals surface area contributed by atoms with Gasteiger partial charge in [-0.15, -0.1) is 0 Å². The molecule has 2 aromatic rings. The molecule has 0 unspecified atom stereocenters. The van der Waals surface area contributed by atoms with Crippen molar-refractivity contribution in [2.24, 2.45) is 0 Å². The average molecular weight is 330 g/mol. The number of amides is 1. The van der Waals surface area contributed by atoms with Crippen molar-refractivity contribution in [1.29, 1.82) is 0 Å². The lowest BCUT2D eigenvalue weighted by molar-refractivity contribution is -0.118. The lowest BCUT2D eigenvalue weighted by Gasteiger charge is -2.06. The molecule has 7 nitrogen and oxygen atoms in total. The zero-order valence-corrected chi connectivity index (χ0v) is 11.9. The molecule has 0 bridgehead atoms. The van der Waals surface area contributed by atoms with Crippen LogP contribution in [0.15, 0.2) is 24.3 Å². The van der Waals surface area contributed by atoms with Crippen molar-refractivity contribution in [3.63, 3.8) is 0 Å². The molecule has 0 saturated heterocycles. The molecular weight excluding hydrogens is 321 g/mol. The van der Waals surface area contributed by atoms with Crippen LogP contribution in [0.25, 0.3) is 0 Å². The zero-order valence-electron chi connectivity index (χ0n) is 10.4. The van der Waals surface area contributed by atoms with Gasteiger partial charge in [-0.25, -0.2) is 4.79 Å². The van der Waals surface area contributed by atoms with Gasteiger partial charge in [-0.05, 0) is 12.1 Å². The number of hydrogen-bond donors (Lipinski definition) is 3. The fraction of sp³-hybridized carbons (Fsp3) is 0.0833. The summed E-state index contributed by atoms with van der Waals surface area (Å²) in [7, 11) is 0. The third-order valence-electron chi connectivity index (χ3n) is 2.34. The van der Waals surface area contributed by atoms with Gasteiger partial charge in [0.25, 0.3) is 5.91 Å². The molecule has 0 radical (unpaired) electrons. The van der Waals surface area contributed by atoms with Crippen LogP contribution in [0.2, 0.25) is 10.0 Å². The maximum absolute atomic E-state index is 11.6. The first-order chi connectivity index (χ1) is 9.95. The van der Waals surface area contributed by atoms with Gasteiger partial charge in [0.2, 0.25) is 0 Å². The first-order valence-electron chi connectivity index (χ1n) is 5.62. The minimum Gasteiger partial charge on any atom is -0.484 e. The van der Waals surface area contributed by atoms with Crippen LogP contribution in [0.1, 0.15) is 10.5 Å². The van der Waals surface area contributed by atoms with E-state index in [2.05, 4.69) is 15.5 Å². The largest absolute Gasteiger partial charge is 0.484 e. The summed E-state index contributed by atoms with van der Waals surface area (Å²) in [5.74, 6) is -1.19. The number of carboxylic acid groups (broad SMARTS) is 1. The highest BCUT2D eigenvalue weighted by atomic mass is 35.5. The van der Waals surface area contributed by atoms with E-state index in [4.69, 9.17) is 33.0 Å². The van der Waals surface area contributed by atoms with E-state index in [0.29, 0.717) is 15.8 Å². The molecule has 0 aliphatic carbocycles. The second kappa shape index (κ2) is 6.47. The number of benzene rings is 1. The Hall–Kier alpha value is -2.25. The van der Waals surface area contributed by atoms with Gasteiger partial charge < -0.3 is 15.2 Å². The van der Waals surface area contributed by atoms with Crippen LogP contribution >= 0.6 is 23.2 Å². The number of aromatic carboxylic acids is 1.